The lowest BCUT2D eigenvalue weighted by atomic mass is 10.0. The molecule has 0 bridgehead atoms. The number of carbonyl (C=O) groups excluding carboxylic acids is 2. The fourth-order valence-corrected chi connectivity index (χ4v) is 3.64. The Morgan fingerprint density at radius 1 is 1.14 bits per heavy atom. The van der Waals surface area contributed by atoms with Crippen LogP contribution in [0.5, 0.6) is 0 Å². The molecule has 0 saturated carbocycles. The van der Waals surface area contributed by atoms with Gasteiger partial charge < -0.3 is 14.6 Å². The van der Waals surface area contributed by atoms with Gasteiger partial charge >= 0.3 is 6.03 Å². The number of nitrogens with zero attached hydrogens (tertiary/aromatic N) is 2. The maximum absolute atomic E-state index is 12.5. The molecule has 1 unspecified atom stereocenters. The summed E-state index contributed by atoms with van der Waals surface area (Å²) in [6.45, 7) is 7.96. The van der Waals surface area contributed by atoms with Gasteiger partial charge in [0.15, 0.2) is 0 Å². The standard InChI is InChI=1S/C20H29N5O3/c1-14(2)18(25-8-10-28-11-9-25)12-21-20(27)23-22-19(26)16-13-24(3)17-7-5-4-6-15(16)17/h4-7,13-14,18H,8-12H2,1-3H3,(H,22,26)(H2,21,23,27). The van der Waals surface area contributed by atoms with Crippen LogP contribution >= 0.6 is 0 Å². The lowest BCUT2D eigenvalue weighted by Crippen LogP contribution is -2.54. The van der Waals surface area contributed by atoms with E-state index in [1.165, 1.54) is 0 Å². The summed E-state index contributed by atoms with van der Waals surface area (Å²) in [5, 5.41) is 3.70. The number of carbonyl (C=O) groups is 2. The Morgan fingerprint density at radius 3 is 2.57 bits per heavy atom. The van der Waals surface area contributed by atoms with E-state index in [2.05, 4.69) is 34.9 Å². The first-order valence-electron chi connectivity index (χ1n) is 9.67. The number of ether oxygens (including phenoxy) is 1. The minimum absolute atomic E-state index is 0.225. The molecular formula is C20H29N5O3. The molecule has 0 radical (unpaired) electrons. The summed E-state index contributed by atoms with van der Waals surface area (Å²) < 4.78 is 7.29. The van der Waals surface area contributed by atoms with Crippen molar-refractivity contribution in [3.63, 3.8) is 0 Å². The van der Waals surface area contributed by atoms with Crippen LogP contribution in [-0.4, -0.2) is 60.3 Å². The van der Waals surface area contributed by atoms with Crippen molar-refractivity contribution in [3.8, 4) is 0 Å². The monoisotopic (exact) mass is 387 g/mol. The van der Waals surface area contributed by atoms with Gasteiger partial charge in [0.2, 0.25) is 0 Å². The predicted octanol–water partition coefficient (Wildman–Crippen LogP) is 1.48. The number of fused-ring (bicyclic) bond motifs is 1. The second kappa shape index (κ2) is 9.07. The van der Waals surface area contributed by atoms with Crippen molar-refractivity contribution >= 4 is 22.8 Å². The van der Waals surface area contributed by atoms with Crippen molar-refractivity contribution in [2.24, 2.45) is 13.0 Å². The number of urea groups is 1. The summed E-state index contributed by atoms with van der Waals surface area (Å²) in [5.41, 5.74) is 6.42. The van der Waals surface area contributed by atoms with Gasteiger partial charge in [-0.3, -0.25) is 15.1 Å². The number of amides is 3. The molecule has 3 rings (SSSR count). The van der Waals surface area contributed by atoms with Crippen molar-refractivity contribution in [3.05, 3.63) is 36.0 Å². The summed E-state index contributed by atoms with van der Waals surface area (Å²) in [7, 11) is 1.89. The van der Waals surface area contributed by atoms with Crippen molar-refractivity contribution in [2.75, 3.05) is 32.8 Å². The highest BCUT2D eigenvalue weighted by Crippen LogP contribution is 2.19. The van der Waals surface area contributed by atoms with Crippen LogP contribution in [0.1, 0.15) is 24.2 Å². The molecule has 8 nitrogen and oxygen atoms in total. The number of para-hydroxylation sites is 1. The summed E-state index contributed by atoms with van der Waals surface area (Å²) in [6.07, 6.45) is 1.76. The molecular weight excluding hydrogens is 358 g/mol. The zero-order valence-electron chi connectivity index (χ0n) is 16.7. The number of aromatic nitrogens is 1. The third kappa shape index (κ3) is 4.63. The molecule has 8 heteroatoms. The number of benzene rings is 1. The Kier molecular flexibility index (Phi) is 6.53. The average Bonchev–Trinajstić information content (AvgIpc) is 3.04. The summed E-state index contributed by atoms with van der Waals surface area (Å²) in [4.78, 5) is 27.0. The normalized spacial score (nSPS) is 16.1. The molecule has 1 atom stereocenters. The first-order chi connectivity index (χ1) is 13.5. The van der Waals surface area contributed by atoms with Crippen LogP contribution < -0.4 is 16.2 Å². The van der Waals surface area contributed by atoms with Crippen molar-refractivity contribution in [2.45, 2.75) is 19.9 Å². The Hall–Kier alpha value is -2.58. The van der Waals surface area contributed by atoms with E-state index < -0.39 is 6.03 Å². The highest BCUT2D eigenvalue weighted by atomic mass is 16.5. The molecule has 1 aliphatic heterocycles. The molecule has 152 valence electrons. The van der Waals surface area contributed by atoms with E-state index >= 15 is 0 Å². The third-order valence-corrected chi connectivity index (χ3v) is 5.19. The molecule has 3 N–H and O–H groups in total. The van der Waals surface area contributed by atoms with Crippen molar-refractivity contribution in [1.29, 1.82) is 0 Å². The number of rotatable bonds is 5. The Bertz CT molecular complexity index is 826. The van der Waals surface area contributed by atoms with E-state index in [0.29, 0.717) is 18.0 Å². The summed E-state index contributed by atoms with van der Waals surface area (Å²) >= 11 is 0. The number of hydrazine groups is 1. The number of hydrogen-bond donors (Lipinski definition) is 3. The number of morpholine rings is 1. The van der Waals surface area contributed by atoms with Gasteiger partial charge in [0.1, 0.15) is 0 Å². The fraction of sp³-hybridized carbons (Fsp3) is 0.500. The zero-order chi connectivity index (χ0) is 20.1. The minimum atomic E-state index is -0.424. The summed E-state index contributed by atoms with van der Waals surface area (Å²) in [6, 6.07) is 7.45. The molecule has 3 amide bonds. The van der Waals surface area contributed by atoms with E-state index in [1.54, 1.807) is 6.20 Å². The van der Waals surface area contributed by atoms with Crippen LogP contribution in [-0.2, 0) is 11.8 Å². The Balaban J connectivity index is 1.52. The SMILES string of the molecule is CC(C)C(CNC(=O)NNC(=O)c1cn(C)c2ccccc12)N1CCOCC1. The van der Waals surface area contributed by atoms with Gasteiger partial charge in [-0.05, 0) is 12.0 Å². The van der Waals surface area contributed by atoms with Gasteiger partial charge in [0.05, 0.1) is 18.8 Å². The number of hydrogen-bond acceptors (Lipinski definition) is 4. The Labute approximate surface area is 165 Å². The van der Waals surface area contributed by atoms with Crippen LogP contribution in [0.25, 0.3) is 10.9 Å². The number of aryl methyl sites for hydroxylation is 1. The van der Waals surface area contributed by atoms with E-state index in [1.807, 2.05) is 35.9 Å². The maximum Gasteiger partial charge on any atom is 0.333 e. The van der Waals surface area contributed by atoms with Crippen LogP contribution in [0.4, 0.5) is 4.79 Å². The molecule has 1 saturated heterocycles. The predicted molar refractivity (Wildman–Crippen MR) is 108 cm³/mol. The molecule has 1 aromatic carbocycles. The zero-order valence-corrected chi connectivity index (χ0v) is 16.7. The van der Waals surface area contributed by atoms with Gasteiger partial charge in [-0.2, -0.15) is 0 Å². The Morgan fingerprint density at radius 2 is 1.86 bits per heavy atom. The van der Waals surface area contributed by atoms with Gasteiger partial charge in [-0.1, -0.05) is 32.0 Å². The van der Waals surface area contributed by atoms with Crippen LogP contribution in [0.2, 0.25) is 0 Å². The first-order valence-corrected chi connectivity index (χ1v) is 9.67. The first kappa shape index (κ1) is 20.2. The maximum atomic E-state index is 12.5. The lowest BCUT2D eigenvalue weighted by molar-refractivity contribution is 0.00717. The molecule has 2 heterocycles. The second-order valence-corrected chi connectivity index (χ2v) is 7.42. The molecule has 1 aromatic heterocycles. The summed E-state index contributed by atoms with van der Waals surface area (Å²) in [5.74, 6) is 0.0456. The van der Waals surface area contributed by atoms with Crippen LogP contribution in [0, 0.1) is 5.92 Å². The number of nitrogens with one attached hydrogen (secondary N) is 3. The van der Waals surface area contributed by atoms with Gasteiger partial charge in [0, 0.05) is 49.8 Å². The van der Waals surface area contributed by atoms with E-state index in [9.17, 15) is 9.59 Å². The molecule has 1 fully saturated rings. The van der Waals surface area contributed by atoms with E-state index in [0.717, 1.165) is 37.2 Å². The molecule has 0 spiro atoms. The molecule has 0 aliphatic carbocycles. The third-order valence-electron chi connectivity index (χ3n) is 5.19. The molecule has 2 aromatic rings. The molecule has 1 aliphatic rings. The van der Waals surface area contributed by atoms with Gasteiger partial charge in [-0.25, -0.2) is 10.2 Å². The minimum Gasteiger partial charge on any atom is -0.379 e. The largest absolute Gasteiger partial charge is 0.379 e. The smallest absolute Gasteiger partial charge is 0.333 e. The van der Waals surface area contributed by atoms with Crippen LogP contribution in [0.3, 0.4) is 0 Å². The fourth-order valence-electron chi connectivity index (χ4n) is 3.64. The highest BCUT2D eigenvalue weighted by molar-refractivity contribution is 6.07. The van der Waals surface area contributed by atoms with E-state index in [4.69, 9.17) is 4.74 Å². The topological polar surface area (TPSA) is 87.6 Å². The van der Waals surface area contributed by atoms with Gasteiger partial charge in [0.25, 0.3) is 5.91 Å². The van der Waals surface area contributed by atoms with E-state index in [-0.39, 0.29) is 11.9 Å². The van der Waals surface area contributed by atoms with Crippen molar-refractivity contribution in [1.82, 2.24) is 25.6 Å². The highest BCUT2D eigenvalue weighted by Gasteiger charge is 2.24. The average molecular weight is 387 g/mol. The van der Waals surface area contributed by atoms with Crippen LogP contribution in [0.15, 0.2) is 30.5 Å². The van der Waals surface area contributed by atoms with Gasteiger partial charge in [-0.15, -0.1) is 0 Å². The lowest BCUT2D eigenvalue weighted by Gasteiger charge is -2.36. The quantitative estimate of drug-likeness (QED) is 0.678. The second-order valence-electron chi connectivity index (χ2n) is 7.42. The van der Waals surface area contributed by atoms with Crippen molar-refractivity contribution < 1.29 is 14.3 Å². The molecule has 28 heavy (non-hydrogen) atoms.